The number of hydrogen-bond donors (Lipinski definition) is 2. The third-order valence-corrected chi connectivity index (χ3v) is 2.71. The summed E-state index contributed by atoms with van der Waals surface area (Å²) in [6, 6.07) is 9.78. The Kier molecular flexibility index (Phi) is 6.60. The lowest BCUT2D eigenvalue weighted by atomic mass is 10.2. The molecule has 0 saturated carbocycles. The zero-order valence-corrected chi connectivity index (χ0v) is 11.1. The van der Waals surface area contributed by atoms with E-state index >= 15 is 0 Å². The van der Waals surface area contributed by atoms with Crippen LogP contribution in [0.1, 0.15) is 18.4 Å². The van der Waals surface area contributed by atoms with Gasteiger partial charge in [-0.2, -0.15) is 0 Å². The number of nitrogens with zero attached hydrogens (tertiary/aromatic N) is 1. The molecule has 0 aliphatic heterocycles. The van der Waals surface area contributed by atoms with Crippen LogP contribution in [0.5, 0.6) is 0 Å². The van der Waals surface area contributed by atoms with Gasteiger partial charge in [0.15, 0.2) is 0 Å². The molecule has 0 heterocycles. The van der Waals surface area contributed by atoms with Crippen LogP contribution >= 0.6 is 0 Å². The highest BCUT2D eigenvalue weighted by Gasteiger charge is 2.08. The molecule has 2 N–H and O–H groups in total. The summed E-state index contributed by atoms with van der Waals surface area (Å²) in [7, 11) is 1.76. The smallest absolute Gasteiger partial charge is 0.303 e. The number of amides is 1. The summed E-state index contributed by atoms with van der Waals surface area (Å²) in [5.74, 6) is -0.812. The molecule has 0 radical (unpaired) electrons. The first-order valence-corrected chi connectivity index (χ1v) is 6.30. The standard InChI is InChI=1S/C14H20N2O3/c1-16(11-12-6-3-2-4-7-12)13(17)10-15-9-5-8-14(18)19/h2-4,6-7,15H,5,8-11H2,1H3,(H,18,19). The van der Waals surface area contributed by atoms with Gasteiger partial charge in [-0.1, -0.05) is 30.3 Å². The van der Waals surface area contributed by atoms with E-state index in [2.05, 4.69) is 5.32 Å². The molecule has 5 heteroatoms. The van der Waals surface area contributed by atoms with Crippen molar-refractivity contribution in [2.75, 3.05) is 20.1 Å². The van der Waals surface area contributed by atoms with Crippen LogP contribution in [0.4, 0.5) is 0 Å². The van der Waals surface area contributed by atoms with Gasteiger partial charge in [0.2, 0.25) is 5.91 Å². The number of carbonyl (C=O) groups is 2. The molecule has 1 rings (SSSR count). The van der Waals surface area contributed by atoms with E-state index < -0.39 is 5.97 Å². The SMILES string of the molecule is CN(Cc1ccccc1)C(=O)CNCCCC(=O)O. The summed E-state index contributed by atoms with van der Waals surface area (Å²) in [5.41, 5.74) is 1.09. The lowest BCUT2D eigenvalue weighted by Gasteiger charge is -2.17. The molecule has 19 heavy (non-hydrogen) atoms. The van der Waals surface area contributed by atoms with E-state index in [4.69, 9.17) is 5.11 Å². The molecular weight excluding hydrogens is 244 g/mol. The number of nitrogens with one attached hydrogen (secondary N) is 1. The van der Waals surface area contributed by atoms with Gasteiger partial charge in [0.1, 0.15) is 0 Å². The first-order chi connectivity index (χ1) is 9.09. The van der Waals surface area contributed by atoms with Crippen LogP contribution < -0.4 is 5.32 Å². The predicted molar refractivity (Wildman–Crippen MR) is 72.7 cm³/mol. The van der Waals surface area contributed by atoms with Crippen LogP contribution in [-0.2, 0) is 16.1 Å². The zero-order chi connectivity index (χ0) is 14.1. The van der Waals surface area contributed by atoms with Crippen molar-refractivity contribution < 1.29 is 14.7 Å². The fourth-order valence-corrected chi connectivity index (χ4v) is 1.64. The quantitative estimate of drug-likeness (QED) is 0.690. The second-order valence-corrected chi connectivity index (χ2v) is 4.41. The fraction of sp³-hybridized carbons (Fsp3) is 0.429. The highest BCUT2D eigenvalue weighted by Crippen LogP contribution is 2.02. The van der Waals surface area contributed by atoms with Crippen molar-refractivity contribution in [2.45, 2.75) is 19.4 Å². The second kappa shape index (κ2) is 8.26. The minimum Gasteiger partial charge on any atom is -0.481 e. The molecule has 0 aromatic heterocycles. The Labute approximate surface area is 113 Å². The third-order valence-electron chi connectivity index (χ3n) is 2.71. The van der Waals surface area contributed by atoms with Crippen LogP contribution in [-0.4, -0.2) is 42.0 Å². The number of carboxylic acid groups (broad SMARTS) is 1. The average molecular weight is 264 g/mol. The fourth-order valence-electron chi connectivity index (χ4n) is 1.64. The van der Waals surface area contributed by atoms with Crippen molar-refractivity contribution in [1.29, 1.82) is 0 Å². The van der Waals surface area contributed by atoms with Crippen LogP contribution in [0, 0.1) is 0 Å². The van der Waals surface area contributed by atoms with Crippen molar-refractivity contribution in [1.82, 2.24) is 10.2 Å². The maximum Gasteiger partial charge on any atom is 0.303 e. The van der Waals surface area contributed by atoms with E-state index in [1.807, 2.05) is 30.3 Å². The van der Waals surface area contributed by atoms with E-state index in [1.165, 1.54) is 0 Å². The van der Waals surface area contributed by atoms with Crippen molar-refractivity contribution in [2.24, 2.45) is 0 Å². The molecule has 0 aliphatic carbocycles. The van der Waals surface area contributed by atoms with Crippen LogP contribution in [0.3, 0.4) is 0 Å². The summed E-state index contributed by atoms with van der Waals surface area (Å²) in [5, 5.41) is 11.4. The van der Waals surface area contributed by atoms with Gasteiger partial charge in [0, 0.05) is 20.0 Å². The van der Waals surface area contributed by atoms with Gasteiger partial charge in [-0.3, -0.25) is 9.59 Å². The van der Waals surface area contributed by atoms with Crippen molar-refractivity contribution in [3.8, 4) is 0 Å². The first kappa shape index (κ1) is 15.2. The lowest BCUT2D eigenvalue weighted by molar-refractivity contribution is -0.137. The number of carboxylic acids is 1. The van der Waals surface area contributed by atoms with E-state index in [1.54, 1.807) is 11.9 Å². The minimum absolute atomic E-state index is 0.000761. The van der Waals surface area contributed by atoms with Gasteiger partial charge < -0.3 is 15.3 Å². The Morgan fingerprint density at radius 3 is 2.58 bits per heavy atom. The summed E-state index contributed by atoms with van der Waals surface area (Å²) in [6.45, 7) is 1.36. The van der Waals surface area contributed by atoms with Gasteiger partial charge in [-0.05, 0) is 18.5 Å². The van der Waals surface area contributed by atoms with Crippen molar-refractivity contribution >= 4 is 11.9 Å². The van der Waals surface area contributed by atoms with Gasteiger partial charge in [-0.15, -0.1) is 0 Å². The van der Waals surface area contributed by atoms with Crippen LogP contribution in [0.15, 0.2) is 30.3 Å². The average Bonchev–Trinajstić information content (AvgIpc) is 2.38. The van der Waals surface area contributed by atoms with Gasteiger partial charge in [-0.25, -0.2) is 0 Å². The Hall–Kier alpha value is -1.88. The second-order valence-electron chi connectivity index (χ2n) is 4.41. The molecule has 0 unspecified atom stereocenters. The van der Waals surface area contributed by atoms with Gasteiger partial charge in [0.25, 0.3) is 0 Å². The summed E-state index contributed by atoms with van der Waals surface area (Å²) >= 11 is 0. The first-order valence-electron chi connectivity index (χ1n) is 6.30. The van der Waals surface area contributed by atoms with Gasteiger partial charge in [0.05, 0.1) is 6.54 Å². The highest BCUT2D eigenvalue weighted by atomic mass is 16.4. The van der Waals surface area contributed by atoms with Crippen LogP contribution in [0.2, 0.25) is 0 Å². The lowest BCUT2D eigenvalue weighted by Crippen LogP contribution is -2.35. The molecule has 0 aliphatic rings. The monoisotopic (exact) mass is 264 g/mol. The normalized spacial score (nSPS) is 10.2. The molecule has 0 spiro atoms. The summed E-state index contributed by atoms with van der Waals surface area (Å²) < 4.78 is 0. The largest absolute Gasteiger partial charge is 0.481 e. The maximum atomic E-state index is 11.8. The minimum atomic E-state index is -0.811. The van der Waals surface area contributed by atoms with E-state index in [0.717, 1.165) is 5.56 Å². The van der Waals surface area contributed by atoms with Gasteiger partial charge >= 0.3 is 5.97 Å². The Morgan fingerprint density at radius 1 is 1.26 bits per heavy atom. The Balaban J connectivity index is 2.20. The Bertz CT molecular complexity index is 406. The molecule has 1 amide bonds. The number of likely N-dealkylation sites (N-methyl/N-ethyl adjacent to an activating group) is 1. The zero-order valence-electron chi connectivity index (χ0n) is 11.1. The number of aliphatic carboxylic acids is 1. The van der Waals surface area contributed by atoms with Crippen molar-refractivity contribution in [3.63, 3.8) is 0 Å². The van der Waals surface area contributed by atoms with E-state index in [9.17, 15) is 9.59 Å². The predicted octanol–water partition coefficient (Wildman–Crippen LogP) is 1.10. The number of rotatable bonds is 8. The molecular formula is C14H20N2O3. The van der Waals surface area contributed by atoms with E-state index in [-0.39, 0.29) is 18.9 Å². The molecule has 1 aromatic rings. The van der Waals surface area contributed by atoms with Crippen molar-refractivity contribution in [3.05, 3.63) is 35.9 Å². The Morgan fingerprint density at radius 2 is 1.95 bits per heavy atom. The molecule has 1 aromatic carbocycles. The molecule has 0 fully saturated rings. The molecule has 104 valence electrons. The number of benzene rings is 1. The topological polar surface area (TPSA) is 69.6 Å². The number of hydrogen-bond acceptors (Lipinski definition) is 3. The summed E-state index contributed by atoms with van der Waals surface area (Å²) in [4.78, 5) is 23.7. The molecule has 0 saturated heterocycles. The summed E-state index contributed by atoms with van der Waals surface area (Å²) in [6.07, 6.45) is 0.659. The highest BCUT2D eigenvalue weighted by molar-refractivity contribution is 5.77. The van der Waals surface area contributed by atoms with Crippen LogP contribution in [0.25, 0.3) is 0 Å². The van der Waals surface area contributed by atoms with E-state index in [0.29, 0.717) is 19.5 Å². The number of carbonyl (C=O) groups excluding carboxylic acids is 1. The third kappa shape index (κ3) is 6.57. The maximum absolute atomic E-state index is 11.8. The molecule has 0 bridgehead atoms. The molecule has 0 atom stereocenters. The molecule has 5 nitrogen and oxygen atoms in total.